The lowest BCUT2D eigenvalue weighted by atomic mass is 10.0. The van der Waals surface area contributed by atoms with E-state index in [2.05, 4.69) is 58.2 Å². The molecule has 4 heteroatoms. The van der Waals surface area contributed by atoms with Crippen molar-refractivity contribution in [3.8, 4) is 0 Å². The van der Waals surface area contributed by atoms with Crippen molar-refractivity contribution in [2.75, 3.05) is 31.6 Å². The Balaban J connectivity index is 2.10. The van der Waals surface area contributed by atoms with Gasteiger partial charge in [0.2, 0.25) is 0 Å². The van der Waals surface area contributed by atoms with Crippen molar-refractivity contribution < 1.29 is 4.74 Å². The molecular weight excluding hydrogens is 328 g/mol. The highest BCUT2D eigenvalue weighted by molar-refractivity contribution is 9.10. The summed E-state index contributed by atoms with van der Waals surface area (Å²) in [5, 5.41) is 3.55. The number of nitrogens with zero attached hydrogens (tertiary/aromatic N) is 1. The van der Waals surface area contributed by atoms with Gasteiger partial charge in [-0.15, -0.1) is 0 Å². The Kier molecular flexibility index (Phi) is 6.52. The van der Waals surface area contributed by atoms with Gasteiger partial charge in [0.1, 0.15) is 0 Å². The van der Waals surface area contributed by atoms with E-state index < -0.39 is 0 Å². The van der Waals surface area contributed by atoms with E-state index in [0.29, 0.717) is 12.0 Å². The molecule has 1 aliphatic heterocycles. The minimum absolute atomic E-state index is 0.360. The summed E-state index contributed by atoms with van der Waals surface area (Å²) in [6.45, 7) is 8.56. The first kappa shape index (κ1) is 16.8. The monoisotopic (exact) mass is 354 g/mol. The van der Waals surface area contributed by atoms with Gasteiger partial charge >= 0.3 is 0 Å². The van der Waals surface area contributed by atoms with E-state index in [1.807, 2.05) is 7.11 Å². The second-order valence-electron chi connectivity index (χ2n) is 6.24. The smallest absolute Gasteiger partial charge is 0.0746 e. The maximum Gasteiger partial charge on any atom is 0.0746 e. The van der Waals surface area contributed by atoms with E-state index >= 15 is 0 Å². The maximum absolute atomic E-state index is 5.55. The molecule has 1 atom stereocenters. The average Bonchev–Trinajstić information content (AvgIpc) is 2.47. The minimum Gasteiger partial charge on any atom is -0.380 e. The molecule has 0 saturated carbocycles. The van der Waals surface area contributed by atoms with E-state index in [0.717, 1.165) is 30.7 Å². The van der Waals surface area contributed by atoms with Crippen LogP contribution in [-0.2, 0) is 11.3 Å². The van der Waals surface area contributed by atoms with Crippen LogP contribution < -0.4 is 10.2 Å². The second kappa shape index (κ2) is 8.16. The Bertz CT molecular complexity index is 450. The fraction of sp³-hybridized carbons (Fsp3) is 0.647. The summed E-state index contributed by atoms with van der Waals surface area (Å²) in [5.41, 5.74) is 2.71. The van der Waals surface area contributed by atoms with Crippen molar-refractivity contribution in [1.82, 2.24) is 5.32 Å². The number of rotatable bonds is 6. The number of benzene rings is 1. The lowest BCUT2D eigenvalue weighted by Crippen LogP contribution is -2.40. The molecule has 0 radical (unpaired) electrons. The van der Waals surface area contributed by atoms with Crippen LogP contribution in [0.3, 0.4) is 0 Å². The Morgan fingerprint density at radius 2 is 2.24 bits per heavy atom. The number of hydrogen-bond donors (Lipinski definition) is 1. The third kappa shape index (κ3) is 4.97. The van der Waals surface area contributed by atoms with Gasteiger partial charge in [-0.05, 0) is 49.1 Å². The van der Waals surface area contributed by atoms with Crippen LogP contribution >= 0.6 is 15.9 Å². The number of anilines is 1. The summed E-state index contributed by atoms with van der Waals surface area (Å²) in [4.78, 5) is 2.47. The molecule has 1 saturated heterocycles. The van der Waals surface area contributed by atoms with Crippen LogP contribution in [0, 0.1) is 5.92 Å². The molecule has 1 fully saturated rings. The number of piperidine rings is 1. The molecule has 3 nitrogen and oxygen atoms in total. The number of hydrogen-bond acceptors (Lipinski definition) is 3. The Morgan fingerprint density at radius 3 is 2.95 bits per heavy atom. The zero-order valence-electron chi connectivity index (χ0n) is 13.4. The molecule has 1 aliphatic rings. The van der Waals surface area contributed by atoms with Gasteiger partial charge in [-0.3, -0.25) is 0 Å². The van der Waals surface area contributed by atoms with E-state index in [9.17, 15) is 0 Å². The average molecular weight is 355 g/mol. The normalized spacial score (nSPS) is 19.3. The van der Waals surface area contributed by atoms with E-state index in [1.165, 1.54) is 24.1 Å². The van der Waals surface area contributed by atoms with Crippen LogP contribution in [0.15, 0.2) is 22.7 Å². The first-order valence-electron chi connectivity index (χ1n) is 7.87. The summed E-state index contributed by atoms with van der Waals surface area (Å²) in [6.07, 6.45) is 2.73. The van der Waals surface area contributed by atoms with Gasteiger partial charge < -0.3 is 15.0 Å². The number of halogens is 1. The first-order chi connectivity index (χ1) is 10.1. The molecule has 0 amide bonds. The predicted molar refractivity (Wildman–Crippen MR) is 92.9 cm³/mol. The number of ether oxygens (including phenoxy) is 1. The predicted octanol–water partition coefficient (Wildman–Crippen LogP) is 3.81. The summed E-state index contributed by atoms with van der Waals surface area (Å²) < 4.78 is 6.70. The highest BCUT2D eigenvalue weighted by atomic mass is 79.9. The zero-order chi connectivity index (χ0) is 15.2. The number of nitrogens with one attached hydrogen (secondary N) is 1. The lowest BCUT2D eigenvalue weighted by Gasteiger charge is -2.35. The molecular formula is C17H27BrN2O. The molecule has 0 aliphatic carbocycles. The van der Waals surface area contributed by atoms with Crippen molar-refractivity contribution in [2.24, 2.45) is 5.92 Å². The minimum atomic E-state index is 0.360. The molecule has 1 aromatic rings. The maximum atomic E-state index is 5.55. The molecule has 1 unspecified atom stereocenters. The van der Waals surface area contributed by atoms with E-state index in [4.69, 9.17) is 4.74 Å². The van der Waals surface area contributed by atoms with Crippen molar-refractivity contribution in [2.45, 2.75) is 39.3 Å². The Hall–Kier alpha value is -0.580. The molecule has 1 N–H and O–H groups in total. The summed E-state index contributed by atoms with van der Waals surface area (Å²) in [6, 6.07) is 6.60. The topological polar surface area (TPSA) is 24.5 Å². The van der Waals surface area contributed by atoms with Crippen molar-refractivity contribution in [3.05, 3.63) is 28.2 Å². The van der Waals surface area contributed by atoms with Crippen LogP contribution in [0.2, 0.25) is 0 Å². The summed E-state index contributed by atoms with van der Waals surface area (Å²) >= 11 is 3.60. The molecule has 1 heterocycles. The first-order valence-corrected chi connectivity index (χ1v) is 8.66. The third-order valence-corrected chi connectivity index (χ3v) is 4.46. The van der Waals surface area contributed by atoms with Crippen molar-refractivity contribution in [1.29, 1.82) is 0 Å². The fourth-order valence-corrected chi connectivity index (χ4v) is 3.26. The van der Waals surface area contributed by atoms with Crippen LogP contribution in [0.25, 0.3) is 0 Å². The molecule has 0 spiro atoms. The van der Waals surface area contributed by atoms with Gasteiger partial charge in [0.05, 0.1) is 6.10 Å². The quantitative estimate of drug-likeness (QED) is 0.840. The summed E-state index contributed by atoms with van der Waals surface area (Å²) in [7, 11) is 1.82. The SMILES string of the molecule is COC1CCCN(c2ccc(Br)cc2CNCC(C)C)C1. The molecule has 0 bridgehead atoms. The van der Waals surface area contributed by atoms with Gasteiger partial charge in [-0.2, -0.15) is 0 Å². The van der Waals surface area contributed by atoms with Crippen molar-refractivity contribution in [3.63, 3.8) is 0 Å². The van der Waals surface area contributed by atoms with Crippen molar-refractivity contribution >= 4 is 21.6 Å². The standard InChI is InChI=1S/C17H27BrN2O/c1-13(2)10-19-11-14-9-15(18)6-7-17(14)20-8-4-5-16(12-20)21-3/h6-7,9,13,16,19H,4-5,8,10-12H2,1-3H3. The zero-order valence-corrected chi connectivity index (χ0v) is 14.9. The molecule has 2 rings (SSSR count). The van der Waals surface area contributed by atoms with Crippen LogP contribution in [0.5, 0.6) is 0 Å². The van der Waals surface area contributed by atoms with Gasteiger partial charge in [0.25, 0.3) is 0 Å². The van der Waals surface area contributed by atoms with E-state index in [-0.39, 0.29) is 0 Å². The lowest BCUT2D eigenvalue weighted by molar-refractivity contribution is 0.0893. The van der Waals surface area contributed by atoms with Gasteiger partial charge in [0, 0.05) is 36.9 Å². The van der Waals surface area contributed by atoms with Crippen LogP contribution in [-0.4, -0.2) is 32.8 Å². The van der Waals surface area contributed by atoms with Crippen LogP contribution in [0.4, 0.5) is 5.69 Å². The fourth-order valence-electron chi connectivity index (χ4n) is 2.85. The highest BCUT2D eigenvalue weighted by Crippen LogP contribution is 2.28. The molecule has 0 aromatic heterocycles. The van der Waals surface area contributed by atoms with Crippen LogP contribution in [0.1, 0.15) is 32.3 Å². The molecule has 118 valence electrons. The van der Waals surface area contributed by atoms with Gasteiger partial charge in [-0.25, -0.2) is 0 Å². The van der Waals surface area contributed by atoms with Gasteiger partial charge in [0.15, 0.2) is 0 Å². The molecule has 21 heavy (non-hydrogen) atoms. The third-order valence-electron chi connectivity index (χ3n) is 3.96. The summed E-state index contributed by atoms with van der Waals surface area (Å²) in [5.74, 6) is 0.675. The molecule has 1 aromatic carbocycles. The number of methoxy groups -OCH3 is 1. The largest absolute Gasteiger partial charge is 0.380 e. The van der Waals surface area contributed by atoms with Gasteiger partial charge in [-0.1, -0.05) is 29.8 Å². The second-order valence-corrected chi connectivity index (χ2v) is 7.16. The Labute approximate surface area is 137 Å². The highest BCUT2D eigenvalue weighted by Gasteiger charge is 2.21. The Morgan fingerprint density at radius 1 is 1.43 bits per heavy atom. The van der Waals surface area contributed by atoms with E-state index in [1.54, 1.807) is 0 Å².